The molecule has 0 amide bonds. The minimum atomic E-state index is 0.362. The number of aryl methyl sites for hydroxylation is 3. The van der Waals surface area contributed by atoms with Gasteiger partial charge in [-0.15, -0.1) is 0 Å². The van der Waals surface area contributed by atoms with E-state index in [9.17, 15) is 0 Å². The van der Waals surface area contributed by atoms with Crippen LogP contribution in [0.1, 0.15) is 59.9 Å². The fourth-order valence-electron chi connectivity index (χ4n) is 3.28. The van der Waals surface area contributed by atoms with Gasteiger partial charge in [0.25, 0.3) is 0 Å². The fraction of sp³-hybridized carbons (Fsp3) is 0.444. The van der Waals surface area contributed by atoms with E-state index in [-0.39, 0.29) is 0 Å². The summed E-state index contributed by atoms with van der Waals surface area (Å²) in [5, 5.41) is 3.79. The van der Waals surface area contributed by atoms with E-state index in [0.29, 0.717) is 12.1 Å². The van der Waals surface area contributed by atoms with Gasteiger partial charge in [0, 0.05) is 24.1 Å². The van der Waals surface area contributed by atoms with Crippen molar-refractivity contribution in [2.75, 3.05) is 0 Å². The summed E-state index contributed by atoms with van der Waals surface area (Å²) in [5.74, 6) is 1.17. The first kappa shape index (κ1) is 13.4. The van der Waals surface area contributed by atoms with Gasteiger partial charge in [0.1, 0.15) is 5.76 Å². The average molecular weight is 269 g/mol. The minimum absolute atomic E-state index is 0.362. The zero-order valence-electron chi connectivity index (χ0n) is 12.6. The Morgan fingerprint density at radius 1 is 1.25 bits per heavy atom. The van der Waals surface area contributed by atoms with Crippen LogP contribution in [0.2, 0.25) is 0 Å². The van der Waals surface area contributed by atoms with Gasteiger partial charge >= 0.3 is 0 Å². The zero-order valence-corrected chi connectivity index (χ0v) is 12.6. The first-order valence-electron chi connectivity index (χ1n) is 7.54. The molecule has 1 aliphatic rings. The molecule has 2 atom stereocenters. The van der Waals surface area contributed by atoms with Crippen molar-refractivity contribution in [1.82, 2.24) is 5.32 Å². The SMILES string of the molecule is Cc1ccc(C)c(C(C)NC2CCCc3occc32)c1. The van der Waals surface area contributed by atoms with Crippen molar-refractivity contribution in [3.05, 3.63) is 58.5 Å². The molecule has 1 N–H and O–H groups in total. The maximum absolute atomic E-state index is 5.58. The third kappa shape index (κ3) is 2.53. The van der Waals surface area contributed by atoms with E-state index in [1.807, 2.05) is 6.26 Å². The highest BCUT2D eigenvalue weighted by Gasteiger charge is 2.24. The third-order valence-corrected chi connectivity index (χ3v) is 4.40. The molecule has 20 heavy (non-hydrogen) atoms. The summed E-state index contributed by atoms with van der Waals surface area (Å²) in [6.45, 7) is 6.61. The van der Waals surface area contributed by atoms with Gasteiger partial charge in [-0.05, 0) is 50.8 Å². The van der Waals surface area contributed by atoms with Crippen LogP contribution in [0, 0.1) is 13.8 Å². The van der Waals surface area contributed by atoms with Crippen molar-refractivity contribution in [3.63, 3.8) is 0 Å². The van der Waals surface area contributed by atoms with E-state index in [4.69, 9.17) is 4.42 Å². The maximum Gasteiger partial charge on any atom is 0.108 e. The van der Waals surface area contributed by atoms with E-state index < -0.39 is 0 Å². The first-order valence-corrected chi connectivity index (χ1v) is 7.54. The zero-order chi connectivity index (χ0) is 14.1. The second kappa shape index (κ2) is 5.45. The smallest absolute Gasteiger partial charge is 0.108 e. The van der Waals surface area contributed by atoms with Crippen molar-refractivity contribution >= 4 is 0 Å². The lowest BCUT2D eigenvalue weighted by molar-refractivity contribution is 0.385. The van der Waals surface area contributed by atoms with Crippen LogP contribution in [0.3, 0.4) is 0 Å². The van der Waals surface area contributed by atoms with Crippen LogP contribution < -0.4 is 5.32 Å². The van der Waals surface area contributed by atoms with Crippen LogP contribution in [0.5, 0.6) is 0 Å². The Bertz CT molecular complexity index is 599. The molecule has 0 fully saturated rings. The van der Waals surface area contributed by atoms with Crippen molar-refractivity contribution in [2.45, 2.75) is 52.1 Å². The van der Waals surface area contributed by atoms with Crippen LogP contribution in [0.25, 0.3) is 0 Å². The number of rotatable bonds is 3. The monoisotopic (exact) mass is 269 g/mol. The molecule has 1 aliphatic carbocycles. The molecule has 1 aromatic carbocycles. The van der Waals surface area contributed by atoms with Gasteiger partial charge in [-0.25, -0.2) is 0 Å². The predicted molar refractivity (Wildman–Crippen MR) is 81.9 cm³/mol. The second-order valence-corrected chi connectivity index (χ2v) is 5.99. The lowest BCUT2D eigenvalue weighted by Gasteiger charge is -2.27. The standard InChI is InChI=1S/C18H23NO/c1-12-7-8-13(2)16(11-12)14(3)19-17-5-4-6-18-15(17)9-10-20-18/h7-11,14,17,19H,4-6H2,1-3H3. The lowest BCUT2D eigenvalue weighted by atomic mass is 9.91. The first-order chi connectivity index (χ1) is 9.65. The summed E-state index contributed by atoms with van der Waals surface area (Å²) in [6, 6.07) is 9.61. The highest BCUT2D eigenvalue weighted by atomic mass is 16.3. The molecular formula is C18H23NO. The molecule has 1 heterocycles. The van der Waals surface area contributed by atoms with Gasteiger partial charge in [-0.1, -0.05) is 23.8 Å². The molecule has 1 aromatic heterocycles. The van der Waals surface area contributed by atoms with E-state index in [2.05, 4.69) is 50.4 Å². The summed E-state index contributed by atoms with van der Waals surface area (Å²) < 4.78 is 5.58. The Morgan fingerprint density at radius 2 is 2.10 bits per heavy atom. The minimum Gasteiger partial charge on any atom is -0.469 e. The normalized spacial score (nSPS) is 19.6. The highest BCUT2D eigenvalue weighted by molar-refractivity contribution is 5.33. The molecule has 0 saturated carbocycles. The molecule has 0 aliphatic heterocycles. The van der Waals surface area contributed by atoms with Gasteiger partial charge in [0.2, 0.25) is 0 Å². The summed E-state index contributed by atoms with van der Waals surface area (Å²) in [4.78, 5) is 0. The van der Waals surface area contributed by atoms with Crippen molar-refractivity contribution in [1.29, 1.82) is 0 Å². The Labute approximate surface area is 121 Å². The third-order valence-electron chi connectivity index (χ3n) is 4.40. The van der Waals surface area contributed by atoms with Gasteiger partial charge in [-0.2, -0.15) is 0 Å². The molecule has 0 saturated heterocycles. The molecule has 2 nitrogen and oxygen atoms in total. The fourth-order valence-corrected chi connectivity index (χ4v) is 3.28. The van der Waals surface area contributed by atoms with Gasteiger partial charge in [-0.3, -0.25) is 0 Å². The van der Waals surface area contributed by atoms with Crippen LogP contribution in [-0.2, 0) is 6.42 Å². The average Bonchev–Trinajstić information content (AvgIpc) is 2.91. The number of hydrogen-bond acceptors (Lipinski definition) is 2. The molecule has 2 unspecified atom stereocenters. The topological polar surface area (TPSA) is 25.2 Å². The van der Waals surface area contributed by atoms with Crippen molar-refractivity contribution < 1.29 is 4.42 Å². The van der Waals surface area contributed by atoms with E-state index in [1.165, 1.54) is 40.9 Å². The summed E-state index contributed by atoms with van der Waals surface area (Å²) in [7, 11) is 0. The van der Waals surface area contributed by atoms with Gasteiger partial charge in [0.05, 0.1) is 6.26 Å². The van der Waals surface area contributed by atoms with Gasteiger partial charge in [0.15, 0.2) is 0 Å². The number of benzene rings is 1. The Morgan fingerprint density at radius 3 is 2.95 bits per heavy atom. The van der Waals surface area contributed by atoms with Gasteiger partial charge < -0.3 is 9.73 Å². The molecule has 2 aromatic rings. The molecule has 106 valence electrons. The predicted octanol–water partition coefficient (Wildman–Crippen LogP) is 4.62. The molecular weight excluding hydrogens is 246 g/mol. The molecule has 3 rings (SSSR count). The van der Waals surface area contributed by atoms with Crippen LogP contribution >= 0.6 is 0 Å². The van der Waals surface area contributed by atoms with Crippen LogP contribution in [0.15, 0.2) is 34.9 Å². The number of fused-ring (bicyclic) bond motifs is 1. The van der Waals surface area contributed by atoms with Crippen LogP contribution in [-0.4, -0.2) is 0 Å². The van der Waals surface area contributed by atoms with Crippen molar-refractivity contribution in [2.24, 2.45) is 0 Å². The summed E-state index contributed by atoms with van der Waals surface area (Å²) in [6.07, 6.45) is 5.31. The van der Waals surface area contributed by atoms with Crippen LogP contribution in [0.4, 0.5) is 0 Å². The summed E-state index contributed by atoms with van der Waals surface area (Å²) in [5.41, 5.74) is 5.44. The largest absolute Gasteiger partial charge is 0.469 e. The number of nitrogens with one attached hydrogen (secondary N) is 1. The summed E-state index contributed by atoms with van der Waals surface area (Å²) >= 11 is 0. The molecule has 0 radical (unpaired) electrons. The number of furan rings is 1. The number of hydrogen-bond donors (Lipinski definition) is 1. The van der Waals surface area contributed by atoms with Crippen molar-refractivity contribution in [3.8, 4) is 0 Å². The Balaban J connectivity index is 1.80. The van der Waals surface area contributed by atoms with E-state index in [0.717, 1.165) is 6.42 Å². The highest BCUT2D eigenvalue weighted by Crippen LogP contribution is 2.32. The molecule has 0 bridgehead atoms. The maximum atomic E-state index is 5.58. The molecule has 2 heteroatoms. The Hall–Kier alpha value is -1.54. The quantitative estimate of drug-likeness (QED) is 0.879. The molecule has 0 spiro atoms. The van der Waals surface area contributed by atoms with E-state index in [1.54, 1.807) is 0 Å². The lowest BCUT2D eigenvalue weighted by Crippen LogP contribution is -2.27. The van der Waals surface area contributed by atoms with E-state index >= 15 is 0 Å². The second-order valence-electron chi connectivity index (χ2n) is 5.99. The Kier molecular flexibility index (Phi) is 3.66.